The van der Waals surface area contributed by atoms with Crippen LogP contribution in [0.4, 0.5) is 0 Å². The Hall–Kier alpha value is -2.38. The van der Waals surface area contributed by atoms with E-state index >= 15 is 0 Å². The van der Waals surface area contributed by atoms with Crippen molar-refractivity contribution in [3.05, 3.63) is 53.6 Å². The highest BCUT2D eigenvalue weighted by Crippen LogP contribution is 2.33. The average Bonchev–Trinajstić information content (AvgIpc) is 3.04. The monoisotopic (exact) mass is 372 g/mol. The van der Waals surface area contributed by atoms with Gasteiger partial charge in [0.15, 0.2) is 0 Å². The third kappa shape index (κ3) is 3.32. The van der Waals surface area contributed by atoms with E-state index in [9.17, 15) is 8.42 Å². The van der Waals surface area contributed by atoms with Gasteiger partial charge in [0.1, 0.15) is 10.4 Å². The van der Waals surface area contributed by atoms with Crippen molar-refractivity contribution < 1.29 is 17.1 Å². The van der Waals surface area contributed by atoms with Crippen LogP contribution < -0.4 is 9.50 Å². The molecular formula is C19H20N2O4S. The van der Waals surface area contributed by atoms with Crippen molar-refractivity contribution in [3.63, 3.8) is 0 Å². The third-order valence-corrected chi connectivity index (χ3v) is 5.99. The van der Waals surface area contributed by atoms with Crippen LogP contribution in [0.2, 0.25) is 0 Å². The zero-order chi connectivity index (χ0) is 18.1. The molecule has 1 N–H and O–H groups in total. The summed E-state index contributed by atoms with van der Waals surface area (Å²) in [7, 11) is -3.97. The van der Waals surface area contributed by atoms with Crippen LogP contribution >= 0.6 is 0 Å². The fourth-order valence-corrected chi connectivity index (χ4v) is 4.14. The highest BCUT2D eigenvalue weighted by Gasteiger charge is 2.23. The van der Waals surface area contributed by atoms with E-state index < -0.39 is 10.1 Å². The Kier molecular flexibility index (Phi) is 4.42. The lowest BCUT2D eigenvalue weighted by Gasteiger charge is -2.22. The molecule has 0 amide bonds. The van der Waals surface area contributed by atoms with Gasteiger partial charge in [0.25, 0.3) is 0 Å². The number of aryl methyl sites for hydroxylation is 1. The first kappa shape index (κ1) is 17.1. The van der Waals surface area contributed by atoms with Crippen molar-refractivity contribution in [2.45, 2.75) is 30.6 Å². The Bertz CT molecular complexity index is 1020. The van der Waals surface area contributed by atoms with Crippen molar-refractivity contribution in [2.24, 2.45) is 0 Å². The minimum atomic E-state index is -3.97. The predicted molar refractivity (Wildman–Crippen MR) is 97.8 cm³/mol. The molecule has 7 heteroatoms. The molecule has 3 aromatic rings. The van der Waals surface area contributed by atoms with E-state index in [4.69, 9.17) is 8.71 Å². The van der Waals surface area contributed by atoms with Gasteiger partial charge in [-0.1, -0.05) is 28.9 Å². The maximum absolute atomic E-state index is 12.5. The lowest BCUT2D eigenvalue weighted by atomic mass is 9.90. The predicted octanol–water partition coefficient (Wildman–Crippen LogP) is 3.37. The molecule has 0 bridgehead atoms. The van der Waals surface area contributed by atoms with Crippen molar-refractivity contribution in [2.75, 3.05) is 13.1 Å². The molecule has 26 heavy (non-hydrogen) atoms. The first-order valence-corrected chi connectivity index (χ1v) is 10.0. The maximum Gasteiger partial charge on any atom is 0.341 e. The van der Waals surface area contributed by atoms with Crippen molar-refractivity contribution in [3.8, 4) is 5.95 Å². The van der Waals surface area contributed by atoms with Crippen molar-refractivity contribution in [1.29, 1.82) is 0 Å². The fraction of sp³-hybridized carbons (Fsp3) is 0.316. The molecule has 2 aromatic carbocycles. The molecule has 6 nitrogen and oxygen atoms in total. The van der Waals surface area contributed by atoms with Gasteiger partial charge in [0, 0.05) is 0 Å². The maximum atomic E-state index is 12.5. The molecule has 1 aliphatic rings. The van der Waals surface area contributed by atoms with Crippen LogP contribution in [0, 0.1) is 6.92 Å². The molecular weight excluding hydrogens is 352 g/mol. The van der Waals surface area contributed by atoms with Crippen molar-refractivity contribution >= 4 is 21.0 Å². The van der Waals surface area contributed by atoms with Gasteiger partial charge in [-0.05, 0) is 68.6 Å². The normalized spacial score (nSPS) is 16.0. The average molecular weight is 372 g/mol. The number of hydrogen-bond acceptors (Lipinski definition) is 6. The molecule has 1 saturated heterocycles. The first-order valence-electron chi connectivity index (χ1n) is 8.64. The standard InChI is InChI=1S/C19H20N2O4S/c1-13-2-5-16(6-3-13)26(22,23)25-19-17-12-15(4-7-18(17)21-24-19)14-8-10-20-11-9-14/h2-7,12,14,20H,8-11H2,1H3. The number of fused-ring (bicyclic) bond motifs is 1. The molecule has 0 atom stereocenters. The van der Waals surface area contributed by atoms with Crippen LogP contribution in [-0.4, -0.2) is 26.7 Å². The van der Waals surface area contributed by atoms with Crippen LogP contribution in [0.5, 0.6) is 5.95 Å². The number of piperidine rings is 1. The Morgan fingerprint density at radius 3 is 2.58 bits per heavy atom. The van der Waals surface area contributed by atoms with Gasteiger partial charge in [0.05, 0.1) is 5.39 Å². The van der Waals surface area contributed by atoms with Gasteiger partial charge in [0.2, 0.25) is 0 Å². The van der Waals surface area contributed by atoms with E-state index in [-0.39, 0.29) is 10.8 Å². The Labute approximate surface area is 152 Å². The number of rotatable bonds is 4. The Balaban J connectivity index is 1.66. The fourth-order valence-electron chi connectivity index (χ4n) is 3.26. The lowest BCUT2D eigenvalue weighted by molar-refractivity contribution is 0.324. The molecule has 4 rings (SSSR count). The molecule has 136 valence electrons. The summed E-state index contributed by atoms with van der Waals surface area (Å²) in [4.78, 5) is 0.0853. The number of aromatic nitrogens is 1. The van der Waals surface area contributed by atoms with Gasteiger partial charge in [-0.3, -0.25) is 0 Å². The minimum Gasteiger partial charge on any atom is -0.339 e. The van der Waals surface area contributed by atoms with E-state index in [0.717, 1.165) is 37.1 Å². The van der Waals surface area contributed by atoms with Gasteiger partial charge >= 0.3 is 16.1 Å². The van der Waals surface area contributed by atoms with E-state index in [0.29, 0.717) is 16.8 Å². The highest BCUT2D eigenvalue weighted by atomic mass is 32.2. The quantitative estimate of drug-likeness (QED) is 0.707. The molecule has 1 aliphatic heterocycles. The van der Waals surface area contributed by atoms with E-state index in [1.54, 1.807) is 12.1 Å². The van der Waals surface area contributed by atoms with Crippen LogP contribution in [0.15, 0.2) is 51.9 Å². The lowest BCUT2D eigenvalue weighted by Crippen LogP contribution is -2.26. The first-order chi connectivity index (χ1) is 12.5. The molecule has 0 spiro atoms. The van der Waals surface area contributed by atoms with Gasteiger partial charge < -0.3 is 14.0 Å². The summed E-state index contributed by atoms with van der Waals surface area (Å²) >= 11 is 0. The van der Waals surface area contributed by atoms with Crippen LogP contribution in [0.1, 0.15) is 29.9 Å². The second-order valence-corrected chi connectivity index (χ2v) is 8.17. The third-order valence-electron chi connectivity index (χ3n) is 4.77. The summed E-state index contributed by atoms with van der Waals surface area (Å²) in [6.07, 6.45) is 2.10. The molecule has 0 saturated carbocycles. The van der Waals surface area contributed by atoms with Gasteiger partial charge in [-0.15, -0.1) is 0 Å². The van der Waals surface area contributed by atoms with Crippen molar-refractivity contribution in [1.82, 2.24) is 10.5 Å². The summed E-state index contributed by atoms with van der Waals surface area (Å²) < 4.78 is 35.5. The SMILES string of the molecule is Cc1ccc(S(=O)(=O)Oc2onc3ccc(C4CCNCC4)cc23)cc1. The van der Waals surface area contributed by atoms with Gasteiger partial charge in [-0.25, -0.2) is 0 Å². The number of nitrogens with one attached hydrogen (secondary N) is 1. The summed E-state index contributed by atoms with van der Waals surface area (Å²) in [5, 5.41) is 7.85. The molecule has 1 fully saturated rings. The smallest absolute Gasteiger partial charge is 0.339 e. The Morgan fingerprint density at radius 1 is 1.12 bits per heavy atom. The second kappa shape index (κ2) is 6.74. The molecule has 2 heterocycles. The zero-order valence-electron chi connectivity index (χ0n) is 14.4. The van der Waals surface area contributed by atoms with E-state index in [1.165, 1.54) is 12.1 Å². The number of benzene rings is 2. The summed E-state index contributed by atoms with van der Waals surface area (Å²) in [6.45, 7) is 3.86. The summed E-state index contributed by atoms with van der Waals surface area (Å²) in [6, 6.07) is 12.3. The van der Waals surface area contributed by atoms with E-state index in [1.807, 2.05) is 25.1 Å². The van der Waals surface area contributed by atoms with Crippen LogP contribution in [0.3, 0.4) is 0 Å². The molecule has 0 unspecified atom stereocenters. The van der Waals surface area contributed by atoms with Gasteiger partial charge in [-0.2, -0.15) is 8.42 Å². The second-order valence-electron chi connectivity index (χ2n) is 6.62. The largest absolute Gasteiger partial charge is 0.341 e. The Morgan fingerprint density at radius 2 is 1.85 bits per heavy atom. The highest BCUT2D eigenvalue weighted by molar-refractivity contribution is 7.87. The summed E-state index contributed by atoms with van der Waals surface area (Å²) in [5.74, 6) is 0.355. The van der Waals surface area contributed by atoms with Crippen LogP contribution in [-0.2, 0) is 10.1 Å². The molecule has 0 radical (unpaired) electrons. The number of hydrogen-bond donors (Lipinski definition) is 1. The number of nitrogens with zero attached hydrogens (tertiary/aromatic N) is 1. The zero-order valence-corrected chi connectivity index (χ0v) is 15.3. The van der Waals surface area contributed by atoms with Crippen LogP contribution in [0.25, 0.3) is 10.9 Å². The minimum absolute atomic E-state index is 0.0853. The summed E-state index contributed by atoms with van der Waals surface area (Å²) in [5.41, 5.74) is 2.71. The molecule has 1 aromatic heterocycles. The molecule has 0 aliphatic carbocycles. The van der Waals surface area contributed by atoms with E-state index in [2.05, 4.69) is 10.5 Å². The topological polar surface area (TPSA) is 81.4 Å².